The Bertz CT molecular complexity index is 475. The number of nitrogens with zero attached hydrogens (tertiary/aromatic N) is 1. The lowest BCUT2D eigenvalue weighted by molar-refractivity contribution is -0.132. The monoisotopic (exact) mass is 339 g/mol. The Labute approximate surface area is 143 Å². The van der Waals surface area contributed by atoms with Crippen molar-refractivity contribution in [3.8, 4) is 0 Å². The summed E-state index contributed by atoms with van der Waals surface area (Å²) in [6.45, 7) is 6.96. The van der Waals surface area contributed by atoms with Crippen LogP contribution in [0.4, 0.5) is 4.79 Å². The van der Waals surface area contributed by atoms with Crippen LogP contribution in [-0.2, 0) is 14.3 Å². The fourth-order valence-electron chi connectivity index (χ4n) is 2.68. The predicted octanol–water partition coefficient (Wildman–Crippen LogP) is 1.42. The van der Waals surface area contributed by atoms with Gasteiger partial charge in [0.15, 0.2) is 0 Å². The zero-order valence-electron chi connectivity index (χ0n) is 14.9. The molecule has 0 bridgehead atoms. The maximum Gasteiger partial charge on any atom is 0.407 e. The minimum Gasteiger partial charge on any atom is -0.444 e. The lowest BCUT2D eigenvalue weighted by atomic mass is 10.0. The second kappa shape index (κ2) is 7.85. The Morgan fingerprint density at radius 2 is 1.71 bits per heavy atom. The molecule has 1 heterocycles. The quantitative estimate of drug-likeness (QED) is 0.793. The Balaban J connectivity index is 1.60. The predicted molar refractivity (Wildman–Crippen MR) is 89.3 cm³/mol. The number of hydrogen-bond donors (Lipinski definition) is 2. The zero-order chi connectivity index (χ0) is 17.7. The molecule has 3 amide bonds. The van der Waals surface area contributed by atoms with Gasteiger partial charge in [-0.3, -0.25) is 9.59 Å². The van der Waals surface area contributed by atoms with E-state index in [1.807, 2.05) is 0 Å². The van der Waals surface area contributed by atoms with Gasteiger partial charge in [0.1, 0.15) is 5.60 Å². The maximum absolute atomic E-state index is 12.2. The third-order valence-corrected chi connectivity index (χ3v) is 4.15. The Hall–Kier alpha value is -1.79. The Morgan fingerprint density at radius 1 is 1.08 bits per heavy atom. The van der Waals surface area contributed by atoms with Crippen LogP contribution in [0.5, 0.6) is 0 Å². The van der Waals surface area contributed by atoms with Crippen molar-refractivity contribution < 1.29 is 19.1 Å². The number of piperidine rings is 1. The molecule has 0 atom stereocenters. The smallest absolute Gasteiger partial charge is 0.407 e. The van der Waals surface area contributed by atoms with Crippen LogP contribution in [-0.4, -0.2) is 54.1 Å². The van der Waals surface area contributed by atoms with E-state index in [9.17, 15) is 14.4 Å². The normalized spacial score (nSPS) is 18.9. The molecule has 0 aromatic rings. The fourth-order valence-corrected chi connectivity index (χ4v) is 2.68. The number of rotatable bonds is 5. The number of ether oxygens (including phenoxy) is 1. The first-order chi connectivity index (χ1) is 11.2. The number of likely N-dealkylation sites (tertiary alicyclic amines) is 1. The van der Waals surface area contributed by atoms with Crippen LogP contribution in [0, 0.1) is 5.92 Å². The summed E-state index contributed by atoms with van der Waals surface area (Å²) in [6, 6.07) is 0.182. The van der Waals surface area contributed by atoms with Crippen LogP contribution in [0.1, 0.15) is 52.9 Å². The van der Waals surface area contributed by atoms with Crippen molar-refractivity contribution in [2.24, 2.45) is 5.92 Å². The highest BCUT2D eigenvalue weighted by Gasteiger charge is 2.32. The summed E-state index contributed by atoms with van der Waals surface area (Å²) >= 11 is 0. The van der Waals surface area contributed by atoms with Gasteiger partial charge in [0.2, 0.25) is 11.8 Å². The fraction of sp³-hybridized carbons (Fsp3) is 0.824. The summed E-state index contributed by atoms with van der Waals surface area (Å²) < 4.78 is 5.13. The molecule has 0 aromatic carbocycles. The summed E-state index contributed by atoms with van der Waals surface area (Å²) in [6.07, 6.45) is 3.37. The molecule has 1 saturated carbocycles. The molecule has 1 saturated heterocycles. The maximum atomic E-state index is 12.2. The summed E-state index contributed by atoms with van der Waals surface area (Å²) in [5, 5.41) is 5.67. The number of carbonyl (C=O) groups is 3. The van der Waals surface area contributed by atoms with Crippen LogP contribution in [0.25, 0.3) is 0 Å². The summed E-state index contributed by atoms with van der Waals surface area (Å²) in [5.41, 5.74) is -0.541. The van der Waals surface area contributed by atoms with Crippen LogP contribution >= 0.6 is 0 Å². The summed E-state index contributed by atoms with van der Waals surface area (Å²) in [4.78, 5) is 37.2. The Kier molecular flexibility index (Phi) is 6.07. The second-order valence-electron chi connectivity index (χ2n) is 7.62. The van der Waals surface area contributed by atoms with Gasteiger partial charge in [-0.2, -0.15) is 0 Å². The number of alkyl carbamates (subject to hydrolysis) is 1. The molecule has 2 rings (SSSR count). The molecule has 7 nitrogen and oxygen atoms in total. The molecule has 2 fully saturated rings. The van der Waals surface area contributed by atoms with Crippen molar-refractivity contribution in [1.29, 1.82) is 0 Å². The van der Waals surface area contributed by atoms with Crippen molar-refractivity contribution in [2.75, 3.05) is 19.6 Å². The Morgan fingerprint density at radius 3 is 2.25 bits per heavy atom. The van der Waals surface area contributed by atoms with E-state index in [0.717, 1.165) is 25.7 Å². The average Bonchev–Trinajstić information content (AvgIpc) is 3.30. The highest BCUT2D eigenvalue weighted by Crippen LogP contribution is 2.29. The van der Waals surface area contributed by atoms with E-state index in [4.69, 9.17) is 4.74 Å². The van der Waals surface area contributed by atoms with Gasteiger partial charge in [-0.05, 0) is 46.5 Å². The van der Waals surface area contributed by atoms with E-state index in [0.29, 0.717) is 13.1 Å². The van der Waals surface area contributed by atoms with E-state index < -0.39 is 11.7 Å². The highest BCUT2D eigenvalue weighted by atomic mass is 16.6. The molecule has 0 spiro atoms. The third-order valence-electron chi connectivity index (χ3n) is 4.15. The van der Waals surface area contributed by atoms with Gasteiger partial charge in [0.25, 0.3) is 0 Å². The van der Waals surface area contributed by atoms with Crippen molar-refractivity contribution in [1.82, 2.24) is 15.5 Å². The molecular formula is C17H29N3O4. The number of nitrogens with one attached hydrogen (secondary N) is 2. The van der Waals surface area contributed by atoms with Crippen LogP contribution in [0.15, 0.2) is 0 Å². The molecule has 0 aromatic heterocycles. The zero-order valence-corrected chi connectivity index (χ0v) is 14.9. The average molecular weight is 339 g/mol. The molecule has 0 radical (unpaired) electrons. The van der Waals surface area contributed by atoms with Gasteiger partial charge in [-0.15, -0.1) is 0 Å². The van der Waals surface area contributed by atoms with E-state index in [-0.39, 0.29) is 36.7 Å². The molecule has 2 aliphatic rings. The molecular weight excluding hydrogens is 310 g/mol. The summed E-state index contributed by atoms with van der Waals surface area (Å²) in [5.74, 6) is 0.419. The first-order valence-electron chi connectivity index (χ1n) is 8.79. The number of carbonyl (C=O) groups excluding carboxylic acids is 3. The van der Waals surface area contributed by atoms with E-state index in [2.05, 4.69) is 10.6 Å². The lowest BCUT2D eigenvalue weighted by Crippen LogP contribution is -2.47. The van der Waals surface area contributed by atoms with Crippen molar-refractivity contribution in [2.45, 2.75) is 64.5 Å². The number of hydrogen-bond acceptors (Lipinski definition) is 4. The molecule has 1 aliphatic heterocycles. The van der Waals surface area contributed by atoms with E-state index in [1.165, 1.54) is 0 Å². The van der Waals surface area contributed by atoms with Crippen LogP contribution in [0.3, 0.4) is 0 Å². The molecule has 0 unspecified atom stereocenters. The lowest BCUT2D eigenvalue weighted by Gasteiger charge is -2.32. The van der Waals surface area contributed by atoms with Crippen molar-refractivity contribution in [3.63, 3.8) is 0 Å². The van der Waals surface area contributed by atoms with E-state index in [1.54, 1.807) is 25.7 Å². The first kappa shape index (κ1) is 18.5. The van der Waals surface area contributed by atoms with Crippen LogP contribution < -0.4 is 10.6 Å². The van der Waals surface area contributed by atoms with Crippen LogP contribution in [0.2, 0.25) is 0 Å². The van der Waals surface area contributed by atoms with Crippen molar-refractivity contribution >= 4 is 17.9 Å². The van der Waals surface area contributed by atoms with Gasteiger partial charge < -0.3 is 20.3 Å². The van der Waals surface area contributed by atoms with Gasteiger partial charge in [0, 0.05) is 38.0 Å². The minimum absolute atomic E-state index is 0.0260. The van der Waals surface area contributed by atoms with Gasteiger partial charge in [0.05, 0.1) is 0 Å². The van der Waals surface area contributed by atoms with E-state index >= 15 is 0 Å². The van der Waals surface area contributed by atoms with Gasteiger partial charge >= 0.3 is 6.09 Å². The molecule has 2 N–H and O–H groups in total. The number of amides is 3. The SMILES string of the molecule is CC(C)(C)OC(=O)NCCC(=O)N1CCC(NC(=O)C2CC2)CC1. The van der Waals surface area contributed by atoms with Gasteiger partial charge in [-0.25, -0.2) is 4.79 Å². The molecule has 136 valence electrons. The molecule has 7 heteroatoms. The second-order valence-corrected chi connectivity index (χ2v) is 7.62. The standard InChI is InChI=1S/C17H29N3O4/c1-17(2,3)24-16(23)18-9-6-14(21)20-10-7-13(8-11-20)19-15(22)12-4-5-12/h12-13H,4-11H2,1-3H3,(H,18,23)(H,19,22). The molecule has 1 aliphatic carbocycles. The minimum atomic E-state index is -0.541. The largest absolute Gasteiger partial charge is 0.444 e. The van der Waals surface area contributed by atoms with Gasteiger partial charge in [-0.1, -0.05) is 0 Å². The first-order valence-corrected chi connectivity index (χ1v) is 8.79. The third kappa shape index (κ3) is 6.37. The summed E-state index contributed by atoms with van der Waals surface area (Å²) in [7, 11) is 0. The highest BCUT2D eigenvalue weighted by molar-refractivity contribution is 5.81. The molecule has 24 heavy (non-hydrogen) atoms. The topological polar surface area (TPSA) is 87.7 Å². The van der Waals surface area contributed by atoms with Crippen molar-refractivity contribution in [3.05, 3.63) is 0 Å².